The molecule has 4 aromatic rings. The van der Waals surface area contributed by atoms with E-state index in [9.17, 15) is 14.4 Å². The highest BCUT2D eigenvalue weighted by molar-refractivity contribution is 7.18. The monoisotopic (exact) mass is 513 g/mol. The third kappa shape index (κ3) is 5.45. The number of carboxylic acids is 1. The molecule has 7 nitrogen and oxygen atoms in total. The van der Waals surface area contributed by atoms with E-state index in [1.807, 2.05) is 42.5 Å². The molecule has 0 radical (unpaired) electrons. The van der Waals surface area contributed by atoms with Crippen molar-refractivity contribution in [3.63, 3.8) is 0 Å². The summed E-state index contributed by atoms with van der Waals surface area (Å²) in [6, 6.07) is 23.3. The number of nitrogens with two attached hydrogens (primary N) is 1. The number of hydrogen-bond acceptors (Lipinski definition) is 7. The Balaban J connectivity index is 1.21. The summed E-state index contributed by atoms with van der Waals surface area (Å²) in [5.41, 5.74) is 11.1. The predicted octanol–water partition coefficient (Wildman–Crippen LogP) is 5.06. The van der Waals surface area contributed by atoms with Gasteiger partial charge < -0.3 is 20.3 Å². The topological polar surface area (TPSA) is 116 Å². The first-order valence-corrected chi connectivity index (χ1v) is 12.4. The molecule has 37 heavy (non-hydrogen) atoms. The lowest BCUT2D eigenvalue weighted by Crippen LogP contribution is -2.32. The van der Waals surface area contributed by atoms with E-state index in [0.717, 1.165) is 32.0 Å². The number of aliphatic carboxylic acids is 1. The van der Waals surface area contributed by atoms with Gasteiger partial charge in [0.2, 0.25) is 0 Å². The first kappa shape index (κ1) is 24.4. The second-order valence-corrected chi connectivity index (χ2v) is 9.82. The number of thiophene rings is 1. The molecule has 0 saturated heterocycles. The van der Waals surface area contributed by atoms with Gasteiger partial charge >= 0.3 is 17.9 Å². The minimum absolute atomic E-state index is 0.115. The normalized spacial score (nSPS) is 13.1. The van der Waals surface area contributed by atoms with Gasteiger partial charge in [-0.05, 0) is 65.1 Å². The molecule has 1 aromatic heterocycles. The van der Waals surface area contributed by atoms with E-state index in [2.05, 4.69) is 12.1 Å². The van der Waals surface area contributed by atoms with Crippen LogP contribution in [0.2, 0.25) is 0 Å². The number of hydrogen-bond donors (Lipinski definition) is 2. The van der Waals surface area contributed by atoms with Gasteiger partial charge in [-0.3, -0.25) is 4.79 Å². The van der Waals surface area contributed by atoms with Gasteiger partial charge in [0.05, 0.1) is 11.1 Å². The number of esters is 2. The van der Waals surface area contributed by atoms with Crippen molar-refractivity contribution in [3.05, 3.63) is 107 Å². The Morgan fingerprint density at radius 3 is 2.43 bits per heavy atom. The summed E-state index contributed by atoms with van der Waals surface area (Å²) in [5, 5.41) is 8.99. The van der Waals surface area contributed by atoms with Crippen LogP contribution in [0.5, 0.6) is 0 Å². The summed E-state index contributed by atoms with van der Waals surface area (Å²) in [6.45, 7) is 0.431. The second kappa shape index (κ2) is 10.4. The van der Waals surface area contributed by atoms with Crippen LogP contribution in [-0.2, 0) is 33.9 Å². The van der Waals surface area contributed by atoms with Crippen LogP contribution in [0.25, 0.3) is 20.9 Å². The lowest BCUT2D eigenvalue weighted by molar-refractivity contribution is -0.138. The number of rotatable bonds is 8. The summed E-state index contributed by atoms with van der Waals surface area (Å²) in [5.74, 6) is -1.85. The predicted molar refractivity (Wildman–Crippen MR) is 139 cm³/mol. The van der Waals surface area contributed by atoms with Crippen molar-refractivity contribution in [2.75, 3.05) is 0 Å². The zero-order valence-electron chi connectivity index (χ0n) is 19.7. The molecule has 3 N–H and O–H groups in total. The minimum atomic E-state index is -1.09. The lowest BCUT2D eigenvalue weighted by Gasteiger charge is -2.09. The Hall–Kier alpha value is -4.27. The van der Waals surface area contributed by atoms with Crippen LogP contribution in [0.1, 0.15) is 37.4 Å². The number of fused-ring (bicyclic) bond motifs is 1. The van der Waals surface area contributed by atoms with Gasteiger partial charge in [0.1, 0.15) is 19.3 Å². The van der Waals surface area contributed by atoms with Crippen molar-refractivity contribution in [1.29, 1.82) is 0 Å². The minimum Gasteiger partial charge on any atom is -0.480 e. The third-order valence-electron chi connectivity index (χ3n) is 6.12. The maximum absolute atomic E-state index is 12.5. The zero-order valence-corrected chi connectivity index (χ0v) is 20.5. The molecule has 0 amide bonds. The molecule has 1 aliphatic rings. The van der Waals surface area contributed by atoms with E-state index in [1.54, 1.807) is 35.6 Å². The fourth-order valence-corrected chi connectivity index (χ4v) is 5.11. The van der Waals surface area contributed by atoms with Gasteiger partial charge in [0.15, 0.2) is 0 Å². The molecule has 8 heteroatoms. The van der Waals surface area contributed by atoms with E-state index in [1.165, 1.54) is 0 Å². The highest BCUT2D eigenvalue weighted by atomic mass is 32.1. The van der Waals surface area contributed by atoms with E-state index in [4.69, 9.17) is 20.3 Å². The molecule has 0 fully saturated rings. The van der Waals surface area contributed by atoms with Crippen molar-refractivity contribution in [2.45, 2.75) is 25.7 Å². The van der Waals surface area contributed by atoms with Crippen LogP contribution in [-0.4, -0.2) is 29.1 Å². The maximum Gasteiger partial charge on any atom is 0.338 e. The van der Waals surface area contributed by atoms with Gasteiger partial charge in [0.25, 0.3) is 0 Å². The summed E-state index contributed by atoms with van der Waals surface area (Å²) in [6.07, 6.45) is 0.128. The summed E-state index contributed by atoms with van der Waals surface area (Å²) in [4.78, 5) is 37.4. The molecule has 5 rings (SSSR count). The molecule has 2 heterocycles. The maximum atomic E-state index is 12.5. The molecule has 0 aliphatic carbocycles. The SMILES string of the molecule is NC(Cc1cccc(C(=O)OCc2ccc(-c3ccc(-c4ccc5c(c4)COC5=O)s3)cc2)c1)C(=O)O. The van der Waals surface area contributed by atoms with E-state index >= 15 is 0 Å². The number of cyclic esters (lactones) is 1. The average molecular weight is 514 g/mol. The van der Waals surface area contributed by atoms with Crippen LogP contribution >= 0.6 is 11.3 Å². The van der Waals surface area contributed by atoms with E-state index < -0.39 is 18.0 Å². The van der Waals surface area contributed by atoms with E-state index in [-0.39, 0.29) is 19.0 Å². The molecule has 186 valence electrons. The van der Waals surface area contributed by atoms with E-state index in [0.29, 0.717) is 23.3 Å². The highest BCUT2D eigenvalue weighted by Gasteiger charge is 2.21. The number of carbonyl (C=O) groups excluding carboxylic acids is 2. The smallest absolute Gasteiger partial charge is 0.338 e. The summed E-state index contributed by atoms with van der Waals surface area (Å²) >= 11 is 1.66. The summed E-state index contributed by atoms with van der Waals surface area (Å²) < 4.78 is 10.6. The first-order valence-electron chi connectivity index (χ1n) is 11.6. The van der Waals surface area contributed by atoms with Crippen LogP contribution < -0.4 is 5.73 Å². The van der Waals surface area contributed by atoms with Crippen LogP contribution in [0, 0.1) is 0 Å². The number of ether oxygens (including phenoxy) is 2. The third-order valence-corrected chi connectivity index (χ3v) is 7.30. The Bertz CT molecular complexity index is 1490. The Kier molecular flexibility index (Phi) is 6.85. The largest absolute Gasteiger partial charge is 0.480 e. The zero-order chi connectivity index (χ0) is 25.9. The first-order chi connectivity index (χ1) is 17.9. The number of benzene rings is 3. The molecule has 1 aliphatic heterocycles. The van der Waals surface area contributed by atoms with Crippen molar-refractivity contribution in [2.24, 2.45) is 5.73 Å². The second-order valence-electron chi connectivity index (χ2n) is 8.73. The molecular weight excluding hydrogens is 490 g/mol. The van der Waals surface area contributed by atoms with Gasteiger partial charge in [0, 0.05) is 15.3 Å². The Morgan fingerprint density at radius 1 is 0.946 bits per heavy atom. The van der Waals surface area contributed by atoms with Crippen LogP contribution in [0.4, 0.5) is 0 Å². The van der Waals surface area contributed by atoms with Crippen molar-refractivity contribution in [1.82, 2.24) is 0 Å². The van der Waals surface area contributed by atoms with Crippen molar-refractivity contribution < 1.29 is 29.0 Å². The number of carboxylic acid groups (broad SMARTS) is 1. The van der Waals surface area contributed by atoms with Crippen molar-refractivity contribution >= 4 is 29.2 Å². The molecular formula is C29H23NO6S. The standard InChI is InChI=1S/C29H23NO6S/c30-24(27(31)32)13-18-2-1-3-21(12-18)28(33)35-15-17-4-6-19(7-5-17)25-10-11-26(37-25)20-8-9-23-22(14-20)16-36-29(23)34/h1-12,14,24H,13,15-16,30H2,(H,31,32). The van der Waals surface area contributed by atoms with Gasteiger partial charge in [-0.2, -0.15) is 0 Å². The average Bonchev–Trinajstić information content (AvgIpc) is 3.55. The van der Waals surface area contributed by atoms with Gasteiger partial charge in [-0.1, -0.05) is 42.5 Å². The van der Waals surface area contributed by atoms with Crippen LogP contribution in [0.15, 0.2) is 78.9 Å². The fraction of sp³-hybridized carbons (Fsp3) is 0.138. The Morgan fingerprint density at radius 2 is 1.68 bits per heavy atom. The van der Waals surface area contributed by atoms with Gasteiger partial charge in [-0.25, -0.2) is 9.59 Å². The molecule has 0 saturated carbocycles. The highest BCUT2D eigenvalue weighted by Crippen LogP contribution is 2.36. The van der Waals surface area contributed by atoms with Gasteiger partial charge in [-0.15, -0.1) is 11.3 Å². The Labute approximate surface area is 217 Å². The summed E-state index contributed by atoms with van der Waals surface area (Å²) in [7, 11) is 0. The molecule has 0 spiro atoms. The number of carbonyl (C=O) groups is 3. The molecule has 1 atom stereocenters. The van der Waals surface area contributed by atoms with Crippen LogP contribution in [0.3, 0.4) is 0 Å². The lowest BCUT2D eigenvalue weighted by atomic mass is 10.0. The quantitative estimate of drug-likeness (QED) is 0.316. The molecule has 1 unspecified atom stereocenters. The molecule has 3 aromatic carbocycles. The molecule has 0 bridgehead atoms. The van der Waals surface area contributed by atoms with Crippen molar-refractivity contribution in [3.8, 4) is 20.9 Å². The fourth-order valence-electron chi connectivity index (χ4n) is 4.10.